The molecule has 1 saturated heterocycles. The van der Waals surface area contributed by atoms with Crippen molar-refractivity contribution in [1.29, 1.82) is 0 Å². The maximum atomic E-state index is 12.5. The second kappa shape index (κ2) is 6.11. The lowest BCUT2D eigenvalue weighted by Gasteiger charge is -2.39. The van der Waals surface area contributed by atoms with Crippen LogP contribution in [0.25, 0.3) is 0 Å². The summed E-state index contributed by atoms with van der Waals surface area (Å²) in [6.45, 7) is 2.06. The molecule has 1 atom stereocenters. The Hall–Kier alpha value is -2.47. The van der Waals surface area contributed by atoms with Crippen LogP contribution in [0.3, 0.4) is 0 Å². The standard InChI is InChI=1S/C16H18N4O2/c1-19-7-8-20(11-14(19)12-5-3-2-4-6-12)16(22)13-9-18-15(21)10-17-13/h2-6,9-10,14H,7-8,11H2,1H3,(H,18,21). The fraction of sp³-hybridized carbons (Fsp3) is 0.312. The lowest BCUT2D eigenvalue weighted by Crippen LogP contribution is -2.49. The van der Waals surface area contributed by atoms with E-state index in [1.165, 1.54) is 11.8 Å². The molecule has 0 bridgehead atoms. The van der Waals surface area contributed by atoms with E-state index in [4.69, 9.17) is 0 Å². The van der Waals surface area contributed by atoms with E-state index in [1.807, 2.05) is 18.2 Å². The predicted octanol–water partition coefficient (Wildman–Crippen LogP) is 0.899. The number of carbonyl (C=O) groups excluding carboxylic acids is 1. The second-order valence-electron chi connectivity index (χ2n) is 5.45. The number of carbonyl (C=O) groups is 1. The van der Waals surface area contributed by atoms with Crippen LogP contribution in [0.15, 0.2) is 47.5 Å². The molecule has 2 heterocycles. The first-order chi connectivity index (χ1) is 10.6. The molecule has 0 spiro atoms. The van der Waals surface area contributed by atoms with Crippen molar-refractivity contribution in [1.82, 2.24) is 19.8 Å². The van der Waals surface area contributed by atoms with Gasteiger partial charge in [0.1, 0.15) is 5.69 Å². The number of rotatable bonds is 2. The molecule has 0 saturated carbocycles. The number of aromatic amines is 1. The van der Waals surface area contributed by atoms with Crippen molar-refractivity contribution in [2.45, 2.75) is 6.04 Å². The molecule has 1 unspecified atom stereocenters. The predicted molar refractivity (Wildman–Crippen MR) is 82.6 cm³/mol. The summed E-state index contributed by atoms with van der Waals surface area (Å²) in [5.74, 6) is -0.148. The van der Waals surface area contributed by atoms with E-state index >= 15 is 0 Å². The Bertz CT molecular complexity index is 693. The van der Waals surface area contributed by atoms with Gasteiger partial charge in [-0.2, -0.15) is 0 Å². The van der Waals surface area contributed by atoms with Crippen molar-refractivity contribution in [3.05, 3.63) is 64.3 Å². The molecule has 114 valence electrons. The number of nitrogens with zero attached hydrogens (tertiary/aromatic N) is 3. The Balaban J connectivity index is 1.79. The number of hydrogen-bond acceptors (Lipinski definition) is 4. The van der Waals surface area contributed by atoms with Gasteiger partial charge in [0.25, 0.3) is 11.5 Å². The summed E-state index contributed by atoms with van der Waals surface area (Å²) in [4.78, 5) is 34.0. The summed E-state index contributed by atoms with van der Waals surface area (Å²) in [5.41, 5.74) is 1.16. The molecule has 1 fully saturated rings. The summed E-state index contributed by atoms with van der Waals surface area (Å²) in [6.07, 6.45) is 2.51. The van der Waals surface area contributed by atoms with Crippen LogP contribution in [-0.2, 0) is 0 Å². The Morgan fingerprint density at radius 1 is 1.27 bits per heavy atom. The second-order valence-corrected chi connectivity index (χ2v) is 5.45. The normalized spacial score (nSPS) is 19.1. The van der Waals surface area contributed by atoms with Gasteiger partial charge in [0.15, 0.2) is 0 Å². The van der Waals surface area contributed by atoms with Gasteiger partial charge in [0, 0.05) is 25.8 Å². The number of likely N-dealkylation sites (N-methyl/N-ethyl adjacent to an activating group) is 1. The number of hydrogen-bond donors (Lipinski definition) is 1. The van der Waals surface area contributed by atoms with Crippen LogP contribution in [0.2, 0.25) is 0 Å². The maximum absolute atomic E-state index is 12.5. The van der Waals surface area contributed by atoms with E-state index in [0.717, 1.165) is 12.7 Å². The van der Waals surface area contributed by atoms with Gasteiger partial charge in [0.05, 0.1) is 12.2 Å². The number of H-pyrrole nitrogens is 1. The maximum Gasteiger partial charge on any atom is 0.274 e. The van der Waals surface area contributed by atoms with Crippen molar-refractivity contribution in [2.75, 3.05) is 26.7 Å². The number of amides is 1. The Labute approximate surface area is 128 Å². The molecule has 1 amide bonds. The number of piperazine rings is 1. The molecule has 1 aliphatic heterocycles. The van der Waals surface area contributed by atoms with Crippen LogP contribution in [0.5, 0.6) is 0 Å². The molecule has 6 nitrogen and oxygen atoms in total. The zero-order chi connectivity index (χ0) is 15.5. The van der Waals surface area contributed by atoms with E-state index in [2.05, 4.69) is 34.0 Å². The minimum absolute atomic E-state index is 0.148. The Morgan fingerprint density at radius 2 is 2.05 bits per heavy atom. The summed E-state index contributed by atoms with van der Waals surface area (Å²) in [6, 6.07) is 10.3. The zero-order valence-corrected chi connectivity index (χ0v) is 12.4. The molecule has 0 aliphatic carbocycles. The average molecular weight is 298 g/mol. The highest BCUT2D eigenvalue weighted by Crippen LogP contribution is 2.24. The van der Waals surface area contributed by atoms with Crippen molar-refractivity contribution < 1.29 is 4.79 Å². The minimum Gasteiger partial charge on any atom is -0.334 e. The van der Waals surface area contributed by atoms with E-state index in [-0.39, 0.29) is 23.2 Å². The Morgan fingerprint density at radius 3 is 2.73 bits per heavy atom. The van der Waals surface area contributed by atoms with Crippen LogP contribution in [-0.4, -0.2) is 52.4 Å². The third-order valence-electron chi connectivity index (χ3n) is 4.01. The summed E-state index contributed by atoms with van der Waals surface area (Å²) < 4.78 is 0. The van der Waals surface area contributed by atoms with Gasteiger partial charge in [-0.05, 0) is 12.6 Å². The third-order valence-corrected chi connectivity index (χ3v) is 4.01. The first-order valence-electron chi connectivity index (χ1n) is 7.24. The van der Waals surface area contributed by atoms with Crippen LogP contribution < -0.4 is 5.56 Å². The monoisotopic (exact) mass is 298 g/mol. The van der Waals surface area contributed by atoms with E-state index in [0.29, 0.717) is 13.1 Å². The van der Waals surface area contributed by atoms with Crippen molar-refractivity contribution in [2.24, 2.45) is 0 Å². The van der Waals surface area contributed by atoms with Crippen molar-refractivity contribution >= 4 is 5.91 Å². The van der Waals surface area contributed by atoms with Crippen molar-refractivity contribution in [3.63, 3.8) is 0 Å². The number of nitrogens with one attached hydrogen (secondary N) is 1. The van der Waals surface area contributed by atoms with Crippen LogP contribution in [0.4, 0.5) is 0 Å². The highest BCUT2D eigenvalue weighted by Gasteiger charge is 2.29. The Kier molecular flexibility index (Phi) is 4.02. The summed E-state index contributed by atoms with van der Waals surface area (Å²) >= 11 is 0. The van der Waals surface area contributed by atoms with Crippen molar-refractivity contribution in [3.8, 4) is 0 Å². The molecule has 3 rings (SSSR count). The van der Waals surface area contributed by atoms with Gasteiger partial charge < -0.3 is 9.88 Å². The minimum atomic E-state index is -0.308. The quantitative estimate of drug-likeness (QED) is 0.894. The highest BCUT2D eigenvalue weighted by molar-refractivity contribution is 5.92. The molecule has 1 N–H and O–H groups in total. The van der Waals surface area contributed by atoms with Gasteiger partial charge in [-0.3, -0.25) is 14.5 Å². The molecule has 2 aromatic rings. The van der Waals surface area contributed by atoms with Crippen LogP contribution >= 0.6 is 0 Å². The fourth-order valence-electron chi connectivity index (χ4n) is 2.71. The molecule has 1 aliphatic rings. The molecule has 1 aromatic carbocycles. The van der Waals surface area contributed by atoms with E-state index in [1.54, 1.807) is 4.90 Å². The highest BCUT2D eigenvalue weighted by atomic mass is 16.2. The van der Waals surface area contributed by atoms with Crippen LogP contribution in [0.1, 0.15) is 22.1 Å². The lowest BCUT2D eigenvalue weighted by atomic mass is 10.0. The molecule has 0 radical (unpaired) electrons. The molecule has 22 heavy (non-hydrogen) atoms. The van der Waals surface area contributed by atoms with Gasteiger partial charge in [-0.1, -0.05) is 30.3 Å². The first kappa shape index (κ1) is 14.5. The van der Waals surface area contributed by atoms with Gasteiger partial charge in [-0.15, -0.1) is 0 Å². The SMILES string of the molecule is CN1CCN(C(=O)c2c[nH]c(=O)cn2)CC1c1ccccc1. The topological polar surface area (TPSA) is 69.3 Å². The largest absolute Gasteiger partial charge is 0.334 e. The average Bonchev–Trinajstić information content (AvgIpc) is 2.56. The summed E-state index contributed by atoms with van der Waals surface area (Å²) in [7, 11) is 2.07. The number of aromatic nitrogens is 2. The van der Waals surface area contributed by atoms with E-state index in [9.17, 15) is 9.59 Å². The molecule has 6 heteroatoms. The first-order valence-corrected chi connectivity index (χ1v) is 7.24. The third kappa shape index (κ3) is 2.92. The smallest absolute Gasteiger partial charge is 0.274 e. The van der Waals surface area contributed by atoms with E-state index < -0.39 is 0 Å². The van der Waals surface area contributed by atoms with Gasteiger partial charge in [-0.25, -0.2) is 4.98 Å². The molecular formula is C16H18N4O2. The lowest BCUT2D eigenvalue weighted by molar-refractivity contribution is 0.0540. The zero-order valence-electron chi connectivity index (χ0n) is 12.4. The fourth-order valence-corrected chi connectivity index (χ4v) is 2.71. The van der Waals surface area contributed by atoms with Gasteiger partial charge >= 0.3 is 0 Å². The number of benzene rings is 1. The summed E-state index contributed by atoms with van der Waals surface area (Å²) in [5, 5.41) is 0. The van der Waals surface area contributed by atoms with Gasteiger partial charge in [0.2, 0.25) is 0 Å². The van der Waals surface area contributed by atoms with Crippen LogP contribution in [0, 0.1) is 0 Å². The molecular weight excluding hydrogens is 280 g/mol. The molecule has 1 aromatic heterocycles.